The quantitative estimate of drug-likeness (QED) is 0.467. The van der Waals surface area contributed by atoms with Crippen molar-refractivity contribution in [3.8, 4) is 22.2 Å². The Hall–Kier alpha value is -2.65. The lowest BCUT2D eigenvalue weighted by atomic mass is 10.1. The van der Waals surface area contributed by atoms with E-state index in [4.69, 9.17) is 14.2 Å². The van der Waals surface area contributed by atoms with Crippen molar-refractivity contribution < 1.29 is 19.0 Å². The minimum Gasteiger partial charge on any atom is -0.481 e. The van der Waals surface area contributed by atoms with Gasteiger partial charge < -0.3 is 14.2 Å². The van der Waals surface area contributed by atoms with Crippen molar-refractivity contribution >= 4 is 29.1 Å². The van der Waals surface area contributed by atoms with Gasteiger partial charge in [-0.05, 0) is 29.3 Å². The van der Waals surface area contributed by atoms with Gasteiger partial charge in [-0.3, -0.25) is 0 Å². The number of methoxy groups -OCH3 is 3. The molecule has 0 aliphatic carbocycles. The largest absolute Gasteiger partial charge is 0.481 e. The lowest BCUT2D eigenvalue weighted by Crippen LogP contribution is -2.07. The molecule has 0 aromatic carbocycles. The molecule has 0 radical (unpaired) electrons. The highest BCUT2D eigenvalue weighted by Gasteiger charge is 2.22. The molecular weight excluding hydrogens is 374 g/mol. The number of hydrogen-bond acceptors (Lipinski definition) is 9. The summed E-state index contributed by atoms with van der Waals surface area (Å²) in [6.45, 7) is 0. The van der Waals surface area contributed by atoms with Crippen LogP contribution in [0.5, 0.6) is 11.8 Å². The van der Waals surface area contributed by atoms with Gasteiger partial charge >= 0.3 is 5.97 Å². The van der Waals surface area contributed by atoms with Crippen molar-refractivity contribution in [1.82, 2.24) is 15.0 Å². The molecule has 0 N–H and O–H groups in total. The molecular formula is C17H15N3O4S2. The first-order valence-corrected chi connectivity index (χ1v) is 9.12. The Bertz CT molecular complexity index is 894. The second-order valence-electron chi connectivity index (χ2n) is 4.84. The van der Waals surface area contributed by atoms with Crippen LogP contribution in [0.15, 0.2) is 46.0 Å². The second kappa shape index (κ2) is 8.15. The van der Waals surface area contributed by atoms with Crippen LogP contribution in [0.1, 0.15) is 10.4 Å². The average Bonchev–Trinajstić information content (AvgIpc) is 3.21. The standard InChI is InChI=1S/C17H15N3O4S2/c1-22-12-9-13(23-2)20-17(19-12)26-15-14(16(21)24-3)10(6-7-18-15)11-5-4-8-25-11/h4-9H,1-3H3. The molecule has 0 aliphatic rings. The fraction of sp³-hybridized carbons (Fsp3) is 0.176. The van der Waals surface area contributed by atoms with Crippen molar-refractivity contribution in [2.45, 2.75) is 10.2 Å². The van der Waals surface area contributed by atoms with Gasteiger partial charge in [0.1, 0.15) is 10.6 Å². The highest BCUT2D eigenvalue weighted by Crippen LogP contribution is 2.36. The Balaban J connectivity index is 2.08. The topological polar surface area (TPSA) is 83.4 Å². The van der Waals surface area contributed by atoms with Crippen molar-refractivity contribution in [2.24, 2.45) is 0 Å². The first-order valence-electron chi connectivity index (χ1n) is 7.42. The Labute approximate surface area is 158 Å². The Morgan fingerprint density at radius 1 is 1.12 bits per heavy atom. The monoisotopic (exact) mass is 389 g/mol. The molecule has 3 aromatic rings. The summed E-state index contributed by atoms with van der Waals surface area (Å²) in [4.78, 5) is 26.2. The molecule has 9 heteroatoms. The molecule has 3 rings (SSSR count). The molecule has 0 bridgehead atoms. The van der Waals surface area contributed by atoms with Crippen LogP contribution in [-0.2, 0) is 4.74 Å². The molecule has 3 aromatic heterocycles. The molecule has 134 valence electrons. The summed E-state index contributed by atoms with van der Waals surface area (Å²) in [5.74, 6) is 0.237. The Kier molecular flexibility index (Phi) is 5.69. The van der Waals surface area contributed by atoms with Gasteiger partial charge in [0, 0.05) is 16.6 Å². The Morgan fingerprint density at radius 3 is 2.42 bits per heavy atom. The van der Waals surface area contributed by atoms with Gasteiger partial charge in [0.05, 0.1) is 27.4 Å². The number of ether oxygens (including phenoxy) is 3. The third-order valence-electron chi connectivity index (χ3n) is 3.36. The maximum atomic E-state index is 12.4. The molecule has 3 heterocycles. The van der Waals surface area contributed by atoms with Crippen molar-refractivity contribution in [1.29, 1.82) is 0 Å². The van der Waals surface area contributed by atoms with E-state index in [-0.39, 0.29) is 0 Å². The van der Waals surface area contributed by atoms with Gasteiger partial charge in [-0.2, -0.15) is 9.97 Å². The maximum Gasteiger partial charge on any atom is 0.341 e. The minimum absolute atomic E-state index is 0.349. The number of nitrogens with zero attached hydrogens (tertiary/aromatic N) is 3. The molecule has 7 nitrogen and oxygen atoms in total. The number of pyridine rings is 1. The zero-order valence-electron chi connectivity index (χ0n) is 14.3. The van der Waals surface area contributed by atoms with Gasteiger partial charge in [0.2, 0.25) is 16.9 Å². The van der Waals surface area contributed by atoms with E-state index in [2.05, 4.69) is 15.0 Å². The van der Waals surface area contributed by atoms with E-state index >= 15 is 0 Å². The number of esters is 1. The lowest BCUT2D eigenvalue weighted by Gasteiger charge is -2.11. The van der Waals surface area contributed by atoms with Crippen LogP contribution in [0.2, 0.25) is 0 Å². The van der Waals surface area contributed by atoms with Crippen LogP contribution in [0.25, 0.3) is 10.4 Å². The minimum atomic E-state index is -0.473. The molecule has 26 heavy (non-hydrogen) atoms. The zero-order chi connectivity index (χ0) is 18.5. The smallest absolute Gasteiger partial charge is 0.341 e. The predicted molar refractivity (Wildman–Crippen MR) is 98.1 cm³/mol. The summed E-state index contributed by atoms with van der Waals surface area (Å²) >= 11 is 2.67. The zero-order valence-corrected chi connectivity index (χ0v) is 15.9. The van der Waals surface area contributed by atoms with E-state index < -0.39 is 5.97 Å². The van der Waals surface area contributed by atoms with Crippen molar-refractivity contribution in [3.05, 3.63) is 41.4 Å². The van der Waals surface area contributed by atoms with Crippen LogP contribution in [0.3, 0.4) is 0 Å². The van der Waals surface area contributed by atoms with Crippen LogP contribution >= 0.6 is 23.1 Å². The van der Waals surface area contributed by atoms with Crippen LogP contribution in [0.4, 0.5) is 0 Å². The van der Waals surface area contributed by atoms with Gasteiger partial charge in [-0.25, -0.2) is 9.78 Å². The lowest BCUT2D eigenvalue weighted by molar-refractivity contribution is 0.0597. The summed E-state index contributed by atoms with van der Waals surface area (Å²) < 4.78 is 15.3. The third-order valence-corrected chi connectivity index (χ3v) is 5.13. The summed E-state index contributed by atoms with van der Waals surface area (Å²) in [5, 5.41) is 2.74. The summed E-state index contributed by atoms with van der Waals surface area (Å²) in [6.07, 6.45) is 1.64. The van der Waals surface area contributed by atoms with E-state index in [9.17, 15) is 4.79 Å². The average molecular weight is 389 g/mol. The van der Waals surface area contributed by atoms with E-state index in [1.54, 1.807) is 18.3 Å². The first-order chi connectivity index (χ1) is 12.7. The number of thiophene rings is 1. The molecule has 0 fully saturated rings. The number of hydrogen-bond donors (Lipinski definition) is 0. The number of carbonyl (C=O) groups excluding carboxylic acids is 1. The Morgan fingerprint density at radius 2 is 1.85 bits per heavy atom. The predicted octanol–water partition coefficient (Wildman–Crippen LogP) is 3.56. The molecule has 0 saturated heterocycles. The van der Waals surface area contributed by atoms with Crippen molar-refractivity contribution in [2.75, 3.05) is 21.3 Å². The van der Waals surface area contributed by atoms with Gasteiger partial charge in [0.15, 0.2) is 0 Å². The van der Waals surface area contributed by atoms with E-state index in [1.165, 1.54) is 32.7 Å². The summed E-state index contributed by atoms with van der Waals surface area (Å²) in [5.41, 5.74) is 1.12. The van der Waals surface area contributed by atoms with Crippen LogP contribution in [0, 0.1) is 0 Å². The highest BCUT2D eigenvalue weighted by atomic mass is 32.2. The number of carbonyl (C=O) groups is 1. The second-order valence-corrected chi connectivity index (χ2v) is 6.75. The van der Waals surface area contributed by atoms with E-state index in [0.717, 1.165) is 22.2 Å². The fourth-order valence-corrected chi connectivity index (χ4v) is 3.79. The summed E-state index contributed by atoms with van der Waals surface area (Å²) in [7, 11) is 4.35. The molecule has 0 unspecified atom stereocenters. The molecule has 0 atom stereocenters. The molecule has 0 amide bonds. The molecule has 0 aliphatic heterocycles. The third kappa shape index (κ3) is 3.78. The summed E-state index contributed by atoms with van der Waals surface area (Å²) in [6, 6.07) is 7.21. The van der Waals surface area contributed by atoms with E-state index in [1.807, 2.05) is 17.5 Å². The van der Waals surface area contributed by atoms with Crippen molar-refractivity contribution in [3.63, 3.8) is 0 Å². The van der Waals surface area contributed by atoms with Gasteiger partial charge in [0.25, 0.3) is 0 Å². The number of rotatable bonds is 6. The van der Waals surface area contributed by atoms with Gasteiger partial charge in [-0.1, -0.05) is 6.07 Å². The first kappa shape index (κ1) is 18.2. The molecule has 0 saturated carbocycles. The number of aromatic nitrogens is 3. The molecule has 0 spiro atoms. The fourth-order valence-electron chi connectivity index (χ4n) is 2.18. The SMILES string of the molecule is COC(=O)c1c(-c2cccs2)ccnc1Sc1nc(OC)cc(OC)n1. The maximum absolute atomic E-state index is 12.4. The van der Waals surface area contributed by atoms with Gasteiger partial charge in [-0.15, -0.1) is 11.3 Å². The normalized spacial score (nSPS) is 10.4. The van der Waals surface area contributed by atoms with Crippen LogP contribution < -0.4 is 9.47 Å². The highest BCUT2D eigenvalue weighted by molar-refractivity contribution is 7.99. The van der Waals surface area contributed by atoms with E-state index in [0.29, 0.717) is 27.5 Å². The van der Waals surface area contributed by atoms with Crippen LogP contribution in [-0.4, -0.2) is 42.3 Å².